The van der Waals surface area contributed by atoms with Crippen molar-refractivity contribution < 1.29 is 19.0 Å². The molecule has 2 aromatic heterocycles. The summed E-state index contributed by atoms with van der Waals surface area (Å²) in [5, 5.41) is 7.82. The van der Waals surface area contributed by atoms with Crippen molar-refractivity contribution in [3.05, 3.63) is 64.7 Å². The molecular weight excluding hydrogens is 670 g/mol. The molecular formula is C39H44ClN5O4S. The highest BCUT2D eigenvalue weighted by molar-refractivity contribution is 7.22. The van der Waals surface area contributed by atoms with Gasteiger partial charge in [0.1, 0.15) is 5.01 Å². The molecule has 262 valence electrons. The van der Waals surface area contributed by atoms with Crippen LogP contribution < -0.4 is 4.90 Å². The van der Waals surface area contributed by atoms with E-state index >= 15 is 0 Å². The molecule has 3 aliphatic heterocycles. The van der Waals surface area contributed by atoms with Gasteiger partial charge in [0, 0.05) is 59.3 Å². The molecule has 3 fully saturated rings. The molecule has 0 saturated carbocycles. The van der Waals surface area contributed by atoms with Gasteiger partial charge in [-0.1, -0.05) is 23.7 Å². The van der Waals surface area contributed by atoms with Crippen LogP contribution in [-0.2, 0) is 26.1 Å². The van der Waals surface area contributed by atoms with Crippen LogP contribution >= 0.6 is 22.9 Å². The number of carbonyl (C=O) groups is 1. The van der Waals surface area contributed by atoms with Crippen molar-refractivity contribution in [2.75, 3.05) is 37.8 Å². The predicted molar refractivity (Wildman–Crippen MR) is 200 cm³/mol. The third-order valence-electron chi connectivity index (χ3n) is 10.3. The summed E-state index contributed by atoms with van der Waals surface area (Å²) in [4.78, 5) is 24.0. The van der Waals surface area contributed by atoms with Crippen LogP contribution in [0.25, 0.3) is 42.8 Å². The molecule has 0 radical (unpaired) electrons. The molecule has 0 N–H and O–H groups in total. The van der Waals surface area contributed by atoms with Gasteiger partial charge in [-0.25, -0.2) is 9.78 Å². The third-order valence-corrected chi connectivity index (χ3v) is 11.7. The van der Waals surface area contributed by atoms with Gasteiger partial charge in [-0.3, -0.25) is 9.58 Å². The predicted octanol–water partition coefficient (Wildman–Crippen LogP) is 7.95. The van der Waals surface area contributed by atoms with Gasteiger partial charge in [-0.2, -0.15) is 5.10 Å². The first kappa shape index (κ1) is 33.6. The molecule has 5 heterocycles. The minimum absolute atomic E-state index is 0.260. The molecule has 0 spiro atoms. The van der Waals surface area contributed by atoms with E-state index in [9.17, 15) is 4.79 Å². The average Bonchev–Trinajstić information content (AvgIpc) is 3.69. The second kappa shape index (κ2) is 12.9. The summed E-state index contributed by atoms with van der Waals surface area (Å²) in [5.41, 5.74) is 5.98. The fourth-order valence-electron chi connectivity index (χ4n) is 7.96. The number of anilines is 1. The molecule has 3 saturated heterocycles. The van der Waals surface area contributed by atoms with E-state index in [0.717, 1.165) is 86.1 Å². The maximum Gasteiger partial charge on any atom is 0.339 e. The molecule has 9 nitrogen and oxygen atoms in total. The van der Waals surface area contributed by atoms with Crippen molar-refractivity contribution in [1.82, 2.24) is 19.7 Å². The van der Waals surface area contributed by atoms with E-state index in [1.807, 2.05) is 70.6 Å². The highest BCUT2D eigenvalue weighted by atomic mass is 35.5. The molecule has 2 unspecified atom stereocenters. The number of hydrogen-bond donors (Lipinski definition) is 0. The van der Waals surface area contributed by atoms with Crippen LogP contribution in [0.5, 0.6) is 0 Å². The van der Waals surface area contributed by atoms with Gasteiger partial charge in [-0.15, -0.1) is 11.3 Å². The van der Waals surface area contributed by atoms with Crippen LogP contribution in [0.1, 0.15) is 57.8 Å². The van der Waals surface area contributed by atoms with Crippen molar-refractivity contribution in [2.24, 2.45) is 7.05 Å². The van der Waals surface area contributed by atoms with Gasteiger partial charge in [0.15, 0.2) is 11.9 Å². The Morgan fingerprint density at radius 2 is 1.74 bits per heavy atom. The van der Waals surface area contributed by atoms with Gasteiger partial charge < -0.3 is 19.1 Å². The Kier molecular flexibility index (Phi) is 8.67. The lowest BCUT2D eigenvalue weighted by atomic mass is 9.91. The van der Waals surface area contributed by atoms with E-state index < -0.39 is 17.7 Å². The topological polar surface area (TPSA) is 82.0 Å². The second-order valence-electron chi connectivity index (χ2n) is 14.8. The first-order chi connectivity index (χ1) is 24.0. The van der Waals surface area contributed by atoms with E-state index in [-0.39, 0.29) is 6.61 Å². The number of ether oxygens (including phenoxy) is 3. The van der Waals surface area contributed by atoms with Crippen LogP contribution in [0.4, 0.5) is 5.82 Å². The average molecular weight is 714 g/mol. The van der Waals surface area contributed by atoms with Crippen LogP contribution in [0.3, 0.4) is 0 Å². The number of hydrogen-bond acceptors (Lipinski definition) is 9. The Balaban J connectivity index is 1.25. The Morgan fingerprint density at radius 1 is 1.04 bits per heavy atom. The molecule has 8 rings (SSSR count). The monoisotopic (exact) mass is 713 g/mol. The van der Waals surface area contributed by atoms with Crippen molar-refractivity contribution >= 4 is 55.8 Å². The lowest BCUT2D eigenvalue weighted by Crippen LogP contribution is -2.61. The van der Waals surface area contributed by atoms with Crippen molar-refractivity contribution in [2.45, 2.75) is 77.3 Å². The van der Waals surface area contributed by atoms with Crippen LogP contribution in [0.15, 0.2) is 48.5 Å². The first-order valence-corrected chi connectivity index (χ1v) is 18.8. The van der Waals surface area contributed by atoms with E-state index in [1.54, 1.807) is 11.3 Å². The number of rotatable bonds is 8. The maximum atomic E-state index is 13.6. The van der Waals surface area contributed by atoms with E-state index in [4.69, 9.17) is 35.9 Å². The largest absolute Gasteiger partial charge is 0.464 e. The summed E-state index contributed by atoms with van der Waals surface area (Å²) in [7, 11) is 2.04. The molecule has 0 amide bonds. The van der Waals surface area contributed by atoms with Gasteiger partial charge in [0.25, 0.3) is 0 Å². The number of benzene rings is 3. The number of aromatic nitrogens is 3. The fraction of sp³-hybridized carbons (Fsp3) is 0.462. The smallest absolute Gasteiger partial charge is 0.339 e. The number of piperazine rings is 1. The molecule has 0 aliphatic carbocycles. The lowest BCUT2D eigenvalue weighted by Gasteiger charge is -2.46. The van der Waals surface area contributed by atoms with Crippen molar-refractivity contribution in [3.8, 4) is 21.7 Å². The Hall–Kier alpha value is -3.54. The fourth-order valence-corrected chi connectivity index (χ4v) is 9.20. The quantitative estimate of drug-likeness (QED) is 0.150. The Morgan fingerprint density at radius 3 is 2.38 bits per heavy atom. The summed E-state index contributed by atoms with van der Waals surface area (Å²) in [5.74, 6) is 0.661. The number of nitrogens with zero attached hydrogens (tertiary/aromatic N) is 5. The van der Waals surface area contributed by atoms with E-state index in [2.05, 4.69) is 34.1 Å². The van der Waals surface area contributed by atoms with E-state index in [1.165, 1.54) is 12.8 Å². The summed E-state index contributed by atoms with van der Waals surface area (Å²) in [6.45, 7) is 13.8. The highest BCUT2D eigenvalue weighted by Crippen LogP contribution is 2.46. The van der Waals surface area contributed by atoms with Gasteiger partial charge in [-0.05, 0) is 95.0 Å². The minimum atomic E-state index is -0.919. The maximum absolute atomic E-state index is 13.6. The first-order valence-electron chi connectivity index (χ1n) is 17.6. The number of halogens is 1. The summed E-state index contributed by atoms with van der Waals surface area (Å²) in [6, 6.07) is 17.9. The molecule has 3 aliphatic rings. The molecule has 3 atom stereocenters. The minimum Gasteiger partial charge on any atom is -0.464 e. The normalized spacial score (nSPS) is 20.5. The molecule has 3 aromatic carbocycles. The van der Waals surface area contributed by atoms with Crippen molar-refractivity contribution in [1.29, 1.82) is 0 Å². The van der Waals surface area contributed by atoms with Gasteiger partial charge >= 0.3 is 5.97 Å². The number of carbonyl (C=O) groups excluding carboxylic acids is 1. The SMILES string of the molecule is CCOC(=O)[C@@H](OC(C)(C)C)c1c(C)cc2nc(-c3ccc4c(c3)c(N3C5CCC3CN(C3COC3)C5)nn4C)sc2c1-c1ccc(Cl)cc1. The summed E-state index contributed by atoms with van der Waals surface area (Å²) >= 11 is 7.99. The number of thiazole rings is 1. The number of esters is 1. The van der Waals surface area contributed by atoms with Crippen LogP contribution in [0.2, 0.25) is 5.02 Å². The summed E-state index contributed by atoms with van der Waals surface area (Å²) < 4.78 is 20.6. The molecule has 11 heteroatoms. The number of likely N-dealkylation sites (tertiary alicyclic amines) is 1. The standard InChI is InChI=1S/C39H44ClN5O4S/c1-7-48-38(46)34(49-39(3,4)5)32-22(2)16-30-35(33(32)23-8-11-25(40)12-9-23)50-37(41-30)24-10-15-31-29(17-24)36(42-43(31)6)45-26-13-14-27(45)19-44(18-26)28-20-47-21-28/h8-12,15-17,26-28,34H,7,13-14,18-21H2,1-6H3/t26?,27?,34-/m0/s1. The molecule has 5 aromatic rings. The highest BCUT2D eigenvalue weighted by Gasteiger charge is 2.44. The van der Waals surface area contributed by atoms with Crippen LogP contribution in [-0.4, -0.2) is 82.3 Å². The van der Waals surface area contributed by atoms with Gasteiger partial charge in [0.2, 0.25) is 0 Å². The third kappa shape index (κ3) is 5.98. The number of fused-ring (bicyclic) bond motifs is 4. The Bertz CT molecular complexity index is 2070. The van der Waals surface area contributed by atoms with Gasteiger partial charge in [0.05, 0.1) is 47.2 Å². The zero-order valence-electron chi connectivity index (χ0n) is 29.5. The second-order valence-corrected chi connectivity index (χ2v) is 16.3. The molecule has 50 heavy (non-hydrogen) atoms. The number of aryl methyl sites for hydroxylation is 2. The van der Waals surface area contributed by atoms with Crippen molar-refractivity contribution in [3.63, 3.8) is 0 Å². The van der Waals surface area contributed by atoms with Crippen LogP contribution in [0, 0.1) is 6.92 Å². The zero-order valence-corrected chi connectivity index (χ0v) is 31.1. The summed E-state index contributed by atoms with van der Waals surface area (Å²) in [6.07, 6.45) is 1.45. The lowest BCUT2D eigenvalue weighted by molar-refractivity contribution is -0.166. The molecule has 2 bridgehead atoms. The zero-order chi connectivity index (χ0) is 34.9. The Labute approximate surface area is 302 Å². The van der Waals surface area contributed by atoms with E-state index in [0.29, 0.717) is 23.1 Å².